The lowest BCUT2D eigenvalue weighted by molar-refractivity contribution is 0.565. The summed E-state index contributed by atoms with van der Waals surface area (Å²) in [4.78, 5) is 18.4. The second-order valence-electron chi connectivity index (χ2n) is 3.56. The molecule has 20 heavy (non-hydrogen) atoms. The summed E-state index contributed by atoms with van der Waals surface area (Å²) in [5, 5.41) is 2.31. The van der Waals surface area contributed by atoms with Gasteiger partial charge in [-0.05, 0) is 60.7 Å². The second-order valence-corrected chi connectivity index (χ2v) is 4.55. The molecule has 0 aromatic heterocycles. The largest absolute Gasteiger partial charge is 0.421 e. The molecule has 0 amide bonds. The van der Waals surface area contributed by atoms with Crippen LogP contribution < -0.4 is 4.18 Å². The zero-order valence-electron chi connectivity index (χ0n) is 10.1. The van der Waals surface area contributed by atoms with Crippen LogP contribution in [-0.4, -0.2) is 11.2 Å². The fourth-order valence-electron chi connectivity index (χ4n) is 1.35. The Labute approximate surface area is 125 Å². The van der Waals surface area contributed by atoms with Gasteiger partial charge in [0.15, 0.2) is 0 Å². The Kier molecular flexibility index (Phi) is 5.24. The lowest BCUT2D eigenvalue weighted by Crippen LogP contribution is -1.81. The van der Waals surface area contributed by atoms with Gasteiger partial charge in [0, 0.05) is 4.90 Å². The average Bonchev–Trinajstić information content (AvgIpc) is 2.49. The first kappa shape index (κ1) is 14.2. The molecular formula is C14H8N2O2S2. The normalized spacial score (nSPS) is 9.20. The Morgan fingerprint density at radius 2 is 1.55 bits per heavy atom. The molecule has 0 fully saturated rings. The number of isocyanates is 1. The Morgan fingerprint density at radius 1 is 0.950 bits per heavy atom. The van der Waals surface area contributed by atoms with E-state index in [1.54, 1.807) is 24.3 Å². The van der Waals surface area contributed by atoms with E-state index in [-0.39, 0.29) is 0 Å². The van der Waals surface area contributed by atoms with Gasteiger partial charge >= 0.3 is 0 Å². The van der Waals surface area contributed by atoms with Crippen LogP contribution >= 0.6 is 24.3 Å². The third-order valence-corrected chi connectivity index (χ3v) is 3.09. The van der Waals surface area contributed by atoms with E-state index in [0.717, 1.165) is 10.6 Å². The number of hydrogen-bond donors (Lipinski definition) is 0. The van der Waals surface area contributed by atoms with Crippen molar-refractivity contribution in [1.82, 2.24) is 0 Å². The van der Waals surface area contributed by atoms with Crippen LogP contribution in [0.5, 0.6) is 5.75 Å². The van der Waals surface area contributed by atoms with E-state index in [1.807, 2.05) is 24.3 Å². The Morgan fingerprint density at radius 3 is 2.15 bits per heavy atom. The number of benzene rings is 2. The monoisotopic (exact) mass is 300 g/mol. The third kappa shape index (κ3) is 4.16. The molecule has 0 saturated heterocycles. The lowest BCUT2D eigenvalue weighted by atomic mass is 10.3. The minimum absolute atomic E-state index is 0.541. The quantitative estimate of drug-likeness (QED) is 0.354. The van der Waals surface area contributed by atoms with Gasteiger partial charge in [-0.1, -0.05) is 0 Å². The number of thiocarbonyl (C=S) groups is 1. The fourth-order valence-corrected chi connectivity index (χ4v) is 2.01. The van der Waals surface area contributed by atoms with E-state index in [0.29, 0.717) is 11.4 Å². The van der Waals surface area contributed by atoms with Crippen LogP contribution in [0.1, 0.15) is 0 Å². The van der Waals surface area contributed by atoms with E-state index in [2.05, 4.69) is 27.4 Å². The average molecular weight is 300 g/mol. The van der Waals surface area contributed by atoms with E-state index < -0.39 is 0 Å². The van der Waals surface area contributed by atoms with Crippen molar-refractivity contribution in [2.75, 3.05) is 0 Å². The predicted octanol–water partition coefficient (Wildman–Crippen LogP) is 4.47. The van der Waals surface area contributed by atoms with Gasteiger partial charge in [0.25, 0.3) is 0 Å². The molecule has 0 unspecified atom stereocenters. The Hall–Kier alpha value is -2.23. The van der Waals surface area contributed by atoms with E-state index in [1.165, 1.54) is 18.1 Å². The molecule has 2 aromatic carbocycles. The van der Waals surface area contributed by atoms with Crippen molar-refractivity contribution in [2.24, 2.45) is 9.98 Å². The van der Waals surface area contributed by atoms with Crippen molar-refractivity contribution in [3.05, 3.63) is 48.5 Å². The molecule has 2 rings (SSSR count). The molecule has 0 heterocycles. The molecule has 0 aliphatic heterocycles. The molecule has 0 aliphatic carbocycles. The minimum atomic E-state index is 0.541. The molecule has 2 aromatic rings. The number of rotatable bonds is 5. The van der Waals surface area contributed by atoms with Crippen LogP contribution in [-0.2, 0) is 4.79 Å². The van der Waals surface area contributed by atoms with Crippen LogP contribution in [0.2, 0.25) is 0 Å². The molecule has 98 valence electrons. The molecule has 4 nitrogen and oxygen atoms in total. The summed E-state index contributed by atoms with van der Waals surface area (Å²) in [6.45, 7) is 0. The molecule has 0 saturated carbocycles. The van der Waals surface area contributed by atoms with Crippen molar-refractivity contribution in [3.63, 3.8) is 0 Å². The maximum Gasteiger partial charge on any atom is 0.240 e. The molecule has 0 atom stereocenters. The summed E-state index contributed by atoms with van der Waals surface area (Å²) in [6, 6.07) is 14.2. The molecule has 0 bridgehead atoms. The van der Waals surface area contributed by atoms with Gasteiger partial charge in [-0.2, -0.15) is 9.98 Å². The summed E-state index contributed by atoms with van der Waals surface area (Å²) in [6.07, 6.45) is 1.48. The van der Waals surface area contributed by atoms with Crippen LogP contribution in [0.3, 0.4) is 0 Å². The number of isothiocyanates is 1. The maximum atomic E-state index is 10.1. The molecule has 0 radical (unpaired) electrons. The standard InChI is InChI=1S/C14H8N2O2S2/c17-9-15-11-1-5-13(6-2-11)18-20-14-7-3-12(4-8-14)16-10-19/h1-8H. The molecule has 6 heteroatoms. The van der Waals surface area contributed by atoms with Gasteiger partial charge < -0.3 is 4.18 Å². The summed E-state index contributed by atoms with van der Waals surface area (Å²) in [5.41, 5.74) is 1.29. The highest BCUT2D eigenvalue weighted by Crippen LogP contribution is 2.26. The first-order valence-electron chi connectivity index (χ1n) is 5.52. The summed E-state index contributed by atoms with van der Waals surface area (Å²) in [7, 11) is 0. The summed E-state index contributed by atoms with van der Waals surface area (Å²) in [5.74, 6) is 0.667. The van der Waals surface area contributed by atoms with E-state index in [9.17, 15) is 4.79 Å². The first-order chi connectivity index (χ1) is 9.81. The van der Waals surface area contributed by atoms with Gasteiger partial charge in [0.1, 0.15) is 5.75 Å². The van der Waals surface area contributed by atoms with Gasteiger partial charge in [0.2, 0.25) is 6.08 Å². The van der Waals surface area contributed by atoms with E-state index in [4.69, 9.17) is 4.18 Å². The molecular weight excluding hydrogens is 292 g/mol. The maximum absolute atomic E-state index is 10.1. The highest BCUT2D eigenvalue weighted by atomic mass is 32.2. The molecule has 0 N–H and O–H groups in total. The zero-order valence-corrected chi connectivity index (χ0v) is 11.8. The Balaban J connectivity index is 1.97. The zero-order chi connectivity index (χ0) is 14.2. The third-order valence-electron chi connectivity index (χ3n) is 2.26. The van der Waals surface area contributed by atoms with Crippen molar-refractivity contribution >= 4 is 46.9 Å². The first-order valence-corrected chi connectivity index (χ1v) is 6.67. The molecule has 0 aliphatic rings. The number of aliphatic imine (C=N–C) groups is 2. The van der Waals surface area contributed by atoms with E-state index >= 15 is 0 Å². The summed E-state index contributed by atoms with van der Waals surface area (Å²) < 4.78 is 5.53. The van der Waals surface area contributed by atoms with Crippen LogP contribution in [0, 0.1) is 0 Å². The summed E-state index contributed by atoms with van der Waals surface area (Å²) >= 11 is 5.76. The van der Waals surface area contributed by atoms with Crippen LogP contribution in [0.15, 0.2) is 63.4 Å². The molecule has 0 spiro atoms. The van der Waals surface area contributed by atoms with Crippen molar-refractivity contribution in [1.29, 1.82) is 0 Å². The predicted molar refractivity (Wildman–Crippen MR) is 81.8 cm³/mol. The second kappa shape index (κ2) is 7.38. The Bertz CT molecular complexity index is 610. The SMILES string of the molecule is O=C=Nc1ccc(OSc2ccc(N=C=S)cc2)cc1. The van der Waals surface area contributed by atoms with Crippen LogP contribution in [0.4, 0.5) is 11.4 Å². The van der Waals surface area contributed by atoms with Gasteiger partial charge in [0.05, 0.1) is 28.6 Å². The number of nitrogens with zero attached hydrogens (tertiary/aromatic N) is 2. The van der Waals surface area contributed by atoms with Crippen LogP contribution in [0.25, 0.3) is 0 Å². The highest BCUT2D eigenvalue weighted by Gasteiger charge is 1.99. The van der Waals surface area contributed by atoms with Crippen molar-refractivity contribution in [3.8, 4) is 5.75 Å². The topological polar surface area (TPSA) is 51.0 Å². The highest BCUT2D eigenvalue weighted by molar-refractivity contribution is 7.95. The lowest BCUT2D eigenvalue weighted by Gasteiger charge is -2.04. The van der Waals surface area contributed by atoms with Gasteiger partial charge in [-0.3, -0.25) is 0 Å². The van der Waals surface area contributed by atoms with Gasteiger partial charge in [-0.15, -0.1) is 0 Å². The number of hydrogen-bond acceptors (Lipinski definition) is 6. The fraction of sp³-hybridized carbons (Fsp3) is 0. The smallest absolute Gasteiger partial charge is 0.240 e. The number of carbonyl (C=O) groups excluding carboxylic acids is 1. The van der Waals surface area contributed by atoms with Crippen molar-refractivity contribution < 1.29 is 8.98 Å². The van der Waals surface area contributed by atoms with Crippen molar-refractivity contribution in [2.45, 2.75) is 4.90 Å². The van der Waals surface area contributed by atoms with Gasteiger partial charge in [-0.25, -0.2) is 4.79 Å². The minimum Gasteiger partial charge on any atom is -0.421 e.